The van der Waals surface area contributed by atoms with E-state index in [9.17, 15) is 18.0 Å². The van der Waals surface area contributed by atoms with Crippen molar-refractivity contribution in [2.45, 2.75) is 32.9 Å². The van der Waals surface area contributed by atoms with Crippen LogP contribution in [0.25, 0.3) is 21.8 Å². The number of halogens is 4. The summed E-state index contributed by atoms with van der Waals surface area (Å²) < 4.78 is 43.6. The molecule has 0 saturated carbocycles. The van der Waals surface area contributed by atoms with Crippen LogP contribution in [-0.4, -0.2) is 91.2 Å². The van der Waals surface area contributed by atoms with Crippen molar-refractivity contribution in [1.29, 1.82) is 0 Å². The van der Waals surface area contributed by atoms with Gasteiger partial charge in [-0.15, -0.1) is 12.4 Å². The maximum absolute atomic E-state index is 14.5. The zero-order valence-electron chi connectivity index (χ0n) is 36.8. The number of amides is 2. The third kappa shape index (κ3) is 10.5. The molecule has 9 rings (SSSR count). The molecule has 5 aromatic carbocycles. The number of para-hydroxylation sites is 1. The van der Waals surface area contributed by atoms with Gasteiger partial charge in [0, 0.05) is 105 Å². The molecular formula is C52H54ClF3N8O. The first-order valence-electron chi connectivity index (χ1n) is 22.2. The Kier molecular flexibility index (Phi) is 13.9. The summed E-state index contributed by atoms with van der Waals surface area (Å²) in [6, 6.07) is 40.5. The Bertz CT molecular complexity index is 2770. The van der Waals surface area contributed by atoms with Crippen LogP contribution in [0.15, 0.2) is 133 Å². The number of alkyl halides is 3. The van der Waals surface area contributed by atoms with Crippen LogP contribution in [0.2, 0.25) is 0 Å². The number of aromatic nitrogens is 2. The van der Waals surface area contributed by atoms with Gasteiger partial charge in [0.1, 0.15) is 0 Å². The predicted molar refractivity (Wildman–Crippen MR) is 260 cm³/mol. The molecule has 2 aliphatic rings. The van der Waals surface area contributed by atoms with Crippen LogP contribution in [0.1, 0.15) is 28.1 Å². The highest BCUT2D eigenvalue weighted by Gasteiger charge is 2.36. The van der Waals surface area contributed by atoms with Gasteiger partial charge in [0.2, 0.25) is 0 Å². The first-order chi connectivity index (χ1) is 31.1. The molecule has 0 spiro atoms. The van der Waals surface area contributed by atoms with E-state index in [2.05, 4.69) is 85.6 Å². The Morgan fingerprint density at radius 1 is 0.600 bits per heavy atom. The lowest BCUT2D eigenvalue weighted by Crippen LogP contribution is -2.47. The van der Waals surface area contributed by atoms with E-state index in [0.29, 0.717) is 17.8 Å². The fraction of sp³-hybridized carbons (Fsp3) is 0.288. The molecule has 9 nitrogen and oxygen atoms in total. The van der Waals surface area contributed by atoms with Gasteiger partial charge in [-0.25, -0.2) is 4.79 Å². The molecule has 336 valence electrons. The number of anilines is 5. The zero-order valence-corrected chi connectivity index (χ0v) is 37.6. The Labute approximate surface area is 384 Å². The van der Waals surface area contributed by atoms with Crippen molar-refractivity contribution in [3.8, 4) is 0 Å². The second-order valence-electron chi connectivity index (χ2n) is 16.9. The maximum atomic E-state index is 14.5. The van der Waals surface area contributed by atoms with Crippen LogP contribution in [0.5, 0.6) is 0 Å². The van der Waals surface area contributed by atoms with Crippen molar-refractivity contribution in [2.24, 2.45) is 0 Å². The average Bonchev–Trinajstić information content (AvgIpc) is 3.30. The number of carbonyl (C=O) groups excluding carboxylic acids is 1. The van der Waals surface area contributed by atoms with Gasteiger partial charge in [-0.2, -0.15) is 13.2 Å². The Balaban J connectivity index is 0.00000576. The molecule has 0 aliphatic carbocycles. The number of pyridine rings is 2. The minimum atomic E-state index is -4.67. The van der Waals surface area contributed by atoms with Gasteiger partial charge in [-0.3, -0.25) is 24.7 Å². The first-order valence-corrected chi connectivity index (χ1v) is 22.2. The van der Waals surface area contributed by atoms with Crippen molar-refractivity contribution in [2.75, 3.05) is 85.5 Å². The largest absolute Gasteiger partial charge is 0.418 e. The summed E-state index contributed by atoms with van der Waals surface area (Å²) in [5.41, 5.74) is 8.15. The van der Waals surface area contributed by atoms with Crippen molar-refractivity contribution >= 4 is 68.7 Å². The smallest absolute Gasteiger partial charge is 0.368 e. The van der Waals surface area contributed by atoms with E-state index in [0.717, 1.165) is 122 Å². The lowest BCUT2D eigenvalue weighted by molar-refractivity contribution is -0.137. The van der Waals surface area contributed by atoms with Gasteiger partial charge in [0.05, 0.1) is 28.0 Å². The predicted octanol–water partition coefficient (Wildman–Crippen LogP) is 10.9. The van der Waals surface area contributed by atoms with E-state index in [1.807, 2.05) is 50.2 Å². The van der Waals surface area contributed by atoms with Crippen molar-refractivity contribution in [3.63, 3.8) is 0 Å². The second kappa shape index (κ2) is 19.9. The summed E-state index contributed by atoms with van der Waals surface area (Å²) in [7, 11) is 0. The van der Waals surface area contributed by atoms with E-state index >= 15 is 0 Å². The summed E-state index contributed by atoms with van der Waals surface area (Å²) in [6.07, 6.45) is -3.23. The van der Waals surface area contributed by atoms with Gasteiger partial charge >= 0.3 is 12.2 Å². The molecule has 2 aromatic heterocycles. The molecule has 13 heteroatoms. The first kappa shape index (κ1) is 45.4. The summed E-state index contributed by atoms with van der Waals surface area (Å²) >= 11 is 0. The summed E-state index contributed by atoms with van der Waals surface area (Å²) in [6.45, 7) is 12.8. The number of carbonyl (C=O) groups is 1. The average molecular weight is 900 g/mol. The molecule has 2 amide bonds. The standard InChI is InChI=1S/C52H53F3N8O.ClH/c1-37-19-21-43-46(56-37)14-7-17-48(43)61-31-27-59(28-32-61)25-23-39-9-5-11-41(35-39)58-51(64)63(50-16-4-3-13-45(50)52(53,54)55)42-12-6-10-40(36-42)24-26-60-29-33-62(34-30-60)49-18-8-15-47-44(49)22-20-38(2)57-47;/h3-22,35-36H,23-34H2,1-2H3,(H,58,64);1H. The number of piperazine rings is 2. The molecule has 0 atom stereocenters. The second-order valence-corrected chi connectivity index (χ2v) is 16.9. The van der Waals surface area contributed by atoms with Gasteiger partial charge in [0.25, 0.3) is 0 Å². The Hall–Kier alpha value is -6.21. The summed E-state index contributed by atoms with van der Waals surface area (Å²) in [5, 5.41) is 5.27. The number of urea groups is 1. The highest BCUT2D eigenvalue weighted by atomic mass is 35.5. The number of benzene rings is 5. The normalized spacial score (nSPS) is 15.0. The Morgan fingerprint density at radius 3 is 1.66 bits per heavy atom. The molecule has 2 saturated heterocycles. The topological polar surface area (TPSA) is 71.1 Å². The highest BCUT2D eigenvalue weighted by Crippen LogP contribution is 2.40. The summed E-state index contributed by atoms with van der Waals surface area (Å²) in [5.74, 6) is 0. The molecule has 0 bridgehead atoms. The molecule has 0 unspecified atom stereocenters. The monoisotopic (exact) mass is 898 g/mol. The van der Waals surface area contributed by atoms with Gasteiger partial charge in [-0.05, 0) is 123 Å². The van der Waals surface area contributed by atoms with Crippen LogP contribution >= 0.6 is 12.4 Å². The summed E-state index contributed by atoms with van der Waals surface area (Å²) in [4.78, 5) is 34.6. The van der Waals surface area contributed by atoms with E-state index in [1.165, 1.54) is 35.0 Å². The van der Waals surface area contributed by atoms with Gasteiger partial charge in [0.15, 0.2) is 0 Å². The molecule has 0 radical (unpaired) electrons. The number of rotatable bonds is 11. The molecule has 4 heterocycles. The number of hydrogen-bond acceptors (Lipinski definition) is 7. The number of aryl methyl sites for hydroxylation is 2. The minimum absolute atomic E-state index is 0. The SMILES string of the molecule is Cc1ccc2c(N3CCN(CCc4cccc(NC(=O)N(c5cccc(CCN6CCN(c7cccc8nc(C)ccc78)CC6)c5)c5ccccc5C(F)(F)F)c4)CC3)cccc2n1.Cl. The third-order valence-electron chi connectivity index (χ3n) is 12.6. The molecule has 7 aromatic rings. The van der Waals surface area contributed by atoms with Crippen LogP contribution < -0.4 is 20.0 Å². The van der Waals surface area contributed by atoms with Crippen molar-refractivity contribution in [3.05, 3.63) is 162 Å². The molecule has 2 fully saturated rings. The van der Waals surface area contributed by atoms with Crippen LogP contribution in [0.4, 0.5) is 46.4 Å². The van der Waals surface area contributed by atoms with Crippen molar-refractivity contribution < 1.29 is 18.0 Å². The zero-order chi connectivity index (χ0) is 44.2. The third-order valence-corrected chi connectivity index (χ3v) is 12.6. The van der Waals surface area contributed by atoms with E-state index in [4.69, 9.17) is 9.97 Å². The number of nitrogens with zero attached hydrogens (tertiary/aromatic N) is 7. The van der Waals surface area contributed by atoms with E-state index in [1.54, 1.807) is 12.1 Å². The fourth-order valence-corrected chi connectivity index (χ4v) is 9.14. The quantitative estimate of drug-likeness (QED) is 0.139. The maximum Gasteiger partial charge on any atom is 0.418 e. The fourth-order valence-electron chi connectivity index (χ4n) is 9.14. The highest BCUT2D eigenvalue weighted by molar-refractivity contribution is 6.07. The van der Waals surface area contributed by atoms with Gasteiger partial charge < -0.3 is 15.1 Å². The van der Waals surface area contributed by atoms with Crippen LogP contribution in [-0.2, 0) is 19.0 Å². The van der Waals surface area contributed by atoms with Crippen molar-refractivity contribution in [1.82, 2.24) is 19.8 Å². The Morgan fingerprint density at radius 2 is 1.11 bits per heavy atom. The van der Waals surface area contributed by atoms with E-state index < -0.39 is 17.8 Å². The number of fused-ring (bicyclic) bond motifs is 2. The molecule has 1 N–H and O–H groups in total. The molecule has 65 heavy (non-hydrogen) atoms. The number of hydrogen-bond donors (Lipinski definition) is 1. The molecular weight excluding hydrogens is 845 g/mol. The van der Waals surface area contributed by atoms with Gasteiger partial charge in [-0.1, -0.05) is 48.5 Å². The lowest BCUT2D eigenvalue weighted by atomic mass is 10.1. The lowest BCUT2D eigenvalue weighted by Gasteiger charge is -2.36. The minimum Gasteiger partial charge on any atom is -0.368 e. The molecule has 2 aliphatic heterocycles. The van der Waals surface area contributed by atoms with Crippen LogP contribution in [0, 0.1) is 13.8 Å². The van der Waals surface area contributed by atoms with E-state index in [-0.39, 0.29) is 18.1 Å². The number of nitrogens with one attached hydrogen (secondary N) is 1. The van der Waals surface area contributed by atoms with Crippen LogP contribution in [0.3, 0.4) is 0 Å².